The normalized spacial score (nSPS) is 31.9. The van der Waals surface area contributed by atoms with E-state index >= 15 is 0 Å². The molecular formula is C19H21ClO5. The number of ether oxygens (including phenoxy) is 1. The Hall–Kier alpha value is -1.98. The number of aromatic hydroxyl groups is 2. The predicted octanol–water partition coefficient (Wildman–Crippen LogP) is 3.35. The standard InChI is InChI=1S/C19H21ClO5/c1-10-6-12-7-11(12)4-2-3-5-13(21)8-14-17(19(24)25-10)15(22)9-16(23)18(14)20/h2-5,9-13,21-23H,6-8H2,1H3/b4-2+,5-3+/t10-,11+,12+,13+/m1/s1. The summed E-state index contributed by atoms with van der Waals surface area (Å²) in [6.45, 7) is 1.82. The summed E-state index contributed by atoms with van der Waals surface area (Å²) in [5.41, 5.74) is 0.0564. The molecule has 0 saturated heterocycles. The summed E-state index contributed by atoms with van der Waals surface area (Å²) in [5, 5.41) is 30.1. The van der Waals surface area contributed by atoms with E-state index in [0.29, 0.717) is 11.8 Å². The number of aliphatic hydroxyl groups excluding tert-OH is 1. The van der Waals surface area contributed by atoms with E-state index in [1.165, 1.54) is 0 Å². The van der Waals surface area contributed by atoms with E-state index in [0.717, 1.165) is 18.9 Å². The predicted molar refractivity (Wildman–Crippen MR) is 93.9 cm³/mol. The number of aliphatic hydroxyl groups is 1. The van der Waals surface area contributed by atoms with Crippen LogP contribution in [0.15, 0.2) is 30.4 Å². The number of halogens is 1. The molecule has 0 spiro atoms. The minimum Gasteiger partial charge on any atom is -0.507 e. The van der Waals surface area contributed by atoms with Gasteiger partial charge in [-0.25, -0.2) is 4.79 Å². The fourth-order valence-electron chi connectivity index (χ4n) is 3.27. The number of carbonyl (C=O) groups excluding carboxylic acids is 1. The Morgan fingerprint density at radius 2 is 1.88 bits per heavy atom. The second kappa shape index (κ2) is 7.10. The first-order valence-corrected chi connectivity index (χ1v) is 8.72. The average molecular weight is 365 g/mol. The highest BCUT2D eigenvalue weighted by Crippen LogP contribution is 2.44. The highest BCUT2D eigenvalue weighted by atomic mass is 35.5. The van der Waals surface area contributed by atoms with Crippen molar-refractivity contribution in [1.82, 2.24) is 0 Å². The molecule has 4 atom stereocenters. The fraction of sp³-hybridized carbons (Fsp3) is 0.421. The summed E-state index contributed by atoms with van der Waals surface area (Å²) in [7, 11) is 0. The van der Waals surface area contributed by atoms with Gasteiger partial charge in [0.1, 0.15) is 17.1 Å². The van der Waals surface area contributed by atoms with Gasteiger partial charge < -0.3 is 20.1 Å². The van der Waals surface area contributed by atoms with Crippen molar-refractivity contribution in [1.29, 1.82) is 0 Å². The minimum atomic E-state index is -0.926. The summed E-state index contributed by atoms with van der Waals surface area (Å²) >= 11 is 6.11. The Kier molecular flexibility index (Phi) is 5.06. The number of hydrogen-bond donors (Lipinski definition) is 3. The summed E-state index contributed by atoms with van der Waals surface area (Å²) < 4.78 is 5.47. The van der Waals surface area contributed by atoms with Crippen molar-refractivity contribution >= 4 is 17.6 Å². The summed E-state index contributed by atoms with van der Waals surface area (Å²) in [4.78, 5) is 12.6. The zero-order valence-electron chi connectivity index (χ0n) is 13.9. The van der Waals surface area contributed by atoms with E-state index in [2.05, 4.69) is 6.08 Å². The lowest BCUT2D eigenvalue weighted by atomic mass is 9.99. The van der Waals surface area contributed by atoms with Gasteiger partial charge in [-0.15, -0.1) is 0 Å². The van der Waals surface area contributed by atoms with Crippen LogP contribution in [0, 0.1) is 11.8 Å². The largest absolute Gasteiger partial charge is 0.507 e. The molecule has 1 aromatic carbocycles. The van der Waals surface area contributed by atoms with Gasteiger partial charge in [-0.1, -0.05) is 35.9 Å². The highest BCUT2D eigenvalue weighted by Gasteiger charge is 2.36. The zero-order valence-corrected chi connectivity index (χ0v) is 14.6. The molecule has 1 aliphatic heterocycles. The van der Waals surface area contributed by atoms with Gasteiger partial charge >= 0.3 is 5.97 Å². The van der Waals surface area contributed by atoms with E-state index in [-0.39, 0.29) is 34.4 Å². The van der Waals surface area contributed by atoms with Gasteiger partial charge in [0.15, 0.2) is 0 Å². The van der Waals surface area contributed by atoms with Gasteiger partial charge in [-0.3, -0.25) is 0 Å². The molecule has 0 aromatic heterocycles. The Morgan fingerprint density at radius 1 is 1.16 bits per heavy atom. The average Bonchev–Trinajstić information content (AvgIpc) is 3.25. The lowest BCUT2D eigenvalue weighted by molar-refractivity contribution is 0.0306. The van der Waals surface area contributed by atoms with Crippen molar-refractivity contribution in [2.75, 3.05) is 0 Å². The summed E-state index contributed by atoms with van der Waals surface area (Å²) in [6.07, 6.45) is 7.86. The molecule has 134 valence electrons. The Balaban J connectivity index is 2.00. The van der Waals surface area contributed by atoms with Crippen LogP contribution in [0.25, 0.3) is 0 Å². The number of phenols is 2. The van der Waals surface area contributed by atoms with Gasteiger partial charge in [-0.05, 0) is 37.2 Å². The molecule has 0 amide bonds. The summed E-state index contributed by atoms with van der Waals surface area (Å²) in [6, 6.07) is 1.01. The second-order valence-electron chi connectivity index (χ2n) is 6.73. The van der Waals surface area contributed by atoms with Gasteiger partial charge in [-0.2, -0.15) is 0 Å². The molecule has 25 heavy (non-hydrogen) atoms. The minimum absolute atomic E-state index is 0.0317. The number of allylic oxidation sites excluding steroid dienone is 3. The molecule has 1 heterocycles. The third kappa shape index (κ3) is 3.99. The number of esters is 1. The molecule has 3 N–H and O–H groups in total. The molecule has 3 rings (SSSR count). The van der Waals surface area contributed by atoms with Crippen molar-refractivity contribution in [3.05, 3.63) is 46.5 Å². The molecule has 0 bridgehead atoms. The van der Waals surface area contributed by atoms with Gasteiger partial charge in [0.05, 0.1) is 17.2 Å². The number of benzene rings is 1. The van der Waals surface area contributed by atoms with Crippen LogP contribution in [-0.2, 0) is 11.2 Å². The van der Waals surface area contributed by atoms with E-state index < -0.39 is 17.8 Å². The van der Waals surface area contributed by atoms with Crippen LogP contribution in [0.5, 0.6) is 11.5 Å². The Bertz CT molecular complexity index is 740. The lowest BCUT2D eigenvalue weighted by Gasteiger charge is -2.18. The topological polar surface area (TPSA) is 87.0 Å². The van der Waals surface area contributed by atoms with Gasteiger partial charge in [0.25, 0.3) is 0 Å². The van der Waals surface area contributed by atoms with E-state index in [9.17, 15) is 20.1 Å². The van der Waals surface area contributed by atoms with Crippen LogP contribution >= 0.6 is 11.6 Å². The first-order chi connectivity index (χ1) is 11.9. The first-order valence-electron chi connectivity index (χ1n) is 8.34. The number of carbonyl (C=O) groups is 1. The molecule has 1 aliphatic carbocycles. The number of rotatable bonds is 0. The van der Waals surface area contributed by atoms with Crippen LogP contribution in [0.3, 0.4) is 0 Å². The molecular weight excluding hydrogens is 344 g/mol. The zero-order chi connectivity index (χ0) is 18.1. The van der Waals surface area contributed by atoms with Gasteiger partial charge in [0, 0.05) is 12.5 Å². The van der Waals surface area contributed by atoms with Crippen molar-refractivity contribution in [3.63, 3.8) is 0 Å². The van der Waals surface area contributed by atoms with Crippen LogP contribution in [0.4, 0.5) is 0 Å². The lowest BCUT2D eigenvalue weighted by Crippen LogP contribution is -2.19. The molecule has 0 unspecified atom stereocenters. The van der Waals surface area contributed by atoms with E-state index in [4.69, 9.17) is 16.3 Å². The van der Waals surface area contributed by atoms with Gasteiger partial charge in [0.2, 0.25) is 0 Å². The van der Waals surface area contributed by atoms with E-state index in [1.807, 2.05) is 13.0 Å². The SMILES string of the molecule is C[C@@H]1C[C@H]2C[C@@H]2/C=C/C=C/[C@H](O)Cc2c(Cl)c(O)cc(O)c2C(=O)O1. The van der Waals surface area contributed by atoms with Crippen LogP contribution < -0.4 is 0 Å². The van der Waals surface area contributed by atoms with Crippen molar-refractivity contribution in [3.8, 4) is 11.5 Å². The van der Waals surface area contributed by atoms with Crippen LogP contribution in [-0.4, -0.2) is 33.5 Å². The smallest absolute Gasteiger partial charge is 0.342 e. The third-order valence-corrected chi connectivity index (χ3v) is 5.08. The Labute approximate surface area is 151 Å². The third-order valence-electron chi connectivity index (χ3n) is 4.66. The molecule has 2 aliphatic rings. The maximum atomic E-state index is 12.6. The van der Waals surface area contributed by atoms with Crippen LogP contribution in [0.1, 0.15) is 35.7 Å². The molecule has 1 aromatic rings. The number of hydrogen-bond acceptors (Lipinski definition) is 5. The fourth-order valence-corrected chi connectivity index (χ4v) is 3.50. The summed E-state index contributed by atoms with van der Waals surface area (Å²) in [5.74, 6) is -0.531. The number of cyclic esters (lactones) is 1. The van der Waals surface area contributed by atoms with Crippen molar-refractivity contribution < 1.29 is 24.9 Å². The number of fused-ring (bicyclic) bond motifs is 2. The molecule has 1 fully saturated rings. The second-order valence-corrected chi connectivity index (χ2v) is 7.11. The molecule has 1 saturated carbocycles. The number of phenolic OH excluding ortho intramolecular Hbond substituents is 2. The van der Waals surface area contributed by atoms with Crippen molar-refractivity contribution in [2.24, 2.45) is 11.8 Å². The first kappa shape index (κ1) is 17.8. The quantitative estimate of drug-likeness (QED) is 0.614. The highest BCUT2D eigenvalue weighted by molar-refractivity contribution is 6.33. The van der Waals surface area contributed by atoms with E-state index in [1.54, 1.807) is 12.2 Å². The molecule has 5 nitrogen and oxygen atoms in total. The Morgan fingerprint density at radius 3 is 2.64 bits per heavy atom. The maximum absolute atomic E-state index is 12.6. The van der Waals surface area contributed by atoms with Crippen LogP contribution in [0.2, 0.25) is 5.02 Å². The molecule has 6 heteroatoms. The van der Waals surface area contributed by atoms with Crippen molar-refractivity contribution in [2.45, 2.75) is 38.4 Å². The molecule has 0 radical (unpaired) electrons. The maximum Gasteiger partial charge on any atom is 0.342 e. The monoisotopic (exact) mass is 364 g/mol.